The zero-order chi connectivity index (χ0) is 10.3. The third kappa shape index (κ3) is 6.41. The smallest absolute Gasteiger partial charge is 0.320 e. The van der Waals surface area contributed by atoms with Crippen molar-refractivity contribution in [1.82, 2.24) is 5.32 Å². The first-order valence-corrected chi connectivity index (χ1v) is 5.00. The highest BCUT2D eigenvalue weighted by Gasteiger charge is 2.10. The third-order valence-electron chi connectivity index (χ3n) is 1.40. The number of thioether (sulfide) groups is 1. The fourth-order valence-corrected chi connectivity index (χ4v) is 1.47. The molecule has 0 radical (unpaired) electrons. The number of carboxylic acids is 1. The van der Waals surface area contributed by atoms with E-state index >= 15 is 0 Å². The first-order chi connectivity index (χ1) is 6.07. The number of amides is 1. The second-order valence-electron chi connectivity index (χ2n) is 2.46. The molecular weight excluding hydrogens is 192 g/mol. The Morgan fingerprint density at radius 2 is 2.23 bits per heavy atom. The summed E-state index contributed by atoms with van der Waals surface area (Å²) in [4.78, 5) is 21.0. The molecule has 0 aliphatic rings. The van der Waals surface area contributed by atoms with Crippen LogP contribution in [0.5, 0.6) is 0 Å². The lowest BCUT2D eigenvalue weighted by molar-refractivity contribution is -0.138. The number of carbonyl (C=O) groups is 2. The summed E-state index contributed by atoms with van der Waals surface area (Å²) in [6.07, 6.45) is 0.386. The summed E-state index contributed by atoms with van der Waals surface area (Å²) >= 11 is 1.38. The van der Waals surface area contributed by atoms with Gasteiger partial charge in [0.1, 0.15) is 6.04 Å². The lowest BCUT2D eigenvalue weighted by Gasteiger charge is -2.04. The van der Waals surface area contributed by atoms with Gasteiger partial charge in [0.05, 0.1) is 5.75 Å². The van der Waals surface area contributed by atoms with Gasteiger partial charge in [-0.1, -0.05) is 0 Å². The van der Waals surface area contributed by atoms with Gasteiger partial charge in [-0.2, -0.15) is 11.8 Å². The average Bonchev–Trinajstić information content (AvgIpc) is 2.11. The van der Waals surface area contributed by atoms with Crippen molar-refractivity contribution in [1.29, 1.82) is 0 Å². The maximum Gasteiger partial charge on any atom is 0.320 e. The van der Waals surface area contributed by atoms with Crippen LogP contribution in [-0.2, 0) is 9.59 Å². The first-order valence-electron chi connectivity index (χ1n) is 3.84. The quantitative estimate of drug-likeness (QED) is 0.498. The van der Waals surface area contributed by atoms with Crippen LogP contribution in [0.4, 0.5) is 0 Å². The number of nitrogens with two attached hydrogens (primary N) is 1. The molecule has 1 atom stereocenters. The molecule has 0 rings (SSSR count). The van der Waals surface area contributed by atoms with E-state index in [-0.39, 0.29) is 5.91 Å². The molecule has 0 saturated heterocycles. The molecule has 0 aliphatic heterocycles. The van der Waals surface area contributed by atoms with Crippen molar-refractivity contribution < 1.29 is 14.7 Å². The number of nitrogens with one attached hydrogen (secondary N) is 1. The van der Waals surface area contributed by atoms with Crippen molar-refractivity contribution in [3.63, 3.8) is 0 Å². The summed E-state index contributed by atoms with van der Waals surface area (Å²) in [5, 5.41) is 10.9. The molecule has 0 heterocycles. The minimum Gasteiger partial charge on any atom is -0.480 e. The minimum absolute atomic E-state index is 0.0612. The summed E-state index contributed by atoms with van der Waals surface area (Å²) in [7, 11) is 1.56. The van der Waals surface area contributed by atoms with Crippen molar-refractivity contribution in [2.75, 3.05) is 18.6 Å². The number of aliphatic carboxylic acids is 1. The normalized spacial score (nSPS) is 12.2. The number of carboxylic acid groups (broad SMARTS) is 1. The molecule has 0 fully saturated rings. The predicted molar refractivity (Wildman–Crippen MR) is 51.6 cm³/mol. The van der Waals surface area contributed by atoms with Gasteiger partial charge in [-0.15, -0.1) is 0 Å². The Morgan fingerprint density at radius 1 is 1.62 bits per heavy atom. The lowest BCUT2D eigenvalue weighted by atomic mass is 10.2. The zero-order valence-electron chi connectivity index (χ0n) is 7.45. The summed E-state index contributed by atoms with van der Waals surface area (Å²) in [5.41, 5.74) is 5.25. The van der Waals surface area contributed by atoms with Gasteiger partial charge in [0, 0.05) is 7.05 Å². The second-order valence-corrected chi connectivity index (χ2v) is 3.56. The second kappa shape index (κ2) is 6.73. The first kappa shape index (κ1) is 12.2. The Balaban J connectivity index is 3.35. The molecule has 0 aliphatic carbocycles. The molecule has 13 heavy (non-hydrogen) atoms. The maximum absolute atomic E-state index is 10.7. The number of hydrogen-bond acceptors (Lipinski definition) is 4. The van der Waals surface area contributed by atoms with Gasteiger partial charge in [-0.05, 0) is 12.2 Å². The molecule has 0 saturated carbocycles. The van der Waals surface area contributed by atoms with Crippen LogP contribution in [-0.4, -0.2) is 41.6 Å². The summed E-state index contributed by atoms with van der Waals surface area (Å²) in [6.45, 7) is 0. The molecular formula is C7H14N2O3S. The van der Waals surface area contributed by atoms with Crippen LogP contribution in [0, 0.1) is 0 Å². The van der Waals surface area contributed by atoms with Crippen molar-refractivity contribution in [3.05, 3.63) is 0 Å². The predicted octanol–water partition coefficient (Wildman–Crippen LogP) is -0.732. The molecule has 6 heteroatoms. The Hall–Kier alpha value is -0.750. The maximum atomic E-state index is 10.7. The molecule has 0 aromatic heterocycles. The van der Waals surface area contributed by atoms with Crippen molar-refractivity contribution in [2.24, 2.45) is 5.73 Å². The fourth-order valence-electron chi connectivity index (χ4n) is 0.571. The highest BCUT2D eigenvalue weighted by atomic mass is 32.2. The van der Waals surface area contributed by atoms with Crippen LogP contribution in [0.15, 0.2) is 0 Å². The minimum atomic E-state index is -0.999. The van der Waals surface area contributed by atoms with Gasteiger partial charge >= 0.3 is 5.97 Å². The zero-order valence-corrected chi connectivity index (χ0v) is 8.26. The van der Waals surface area contributed by atoms with Crippen LogP contribution in [0.1, 0.15) is 6.42 Å². The van der Waals surface area contributed by atoms with E-state index < -0.39 is 12.0 Å². The molecule has 4 N–H and O–H groups in total. The van der Waals surface area contributed by atoms with E-state index in [1.165, 1.54) is 11.8 Å². The topological polar surface area (TPSA) is 92.4 Å². The van der Waals surface area contributed by atoms with E-state index in [1.807, 2.05) is 0 Å². The monoisotopic (exact) mass is 206 g/mol. The highest BCUT2D eigenvalue weighted by molar-refractivity contribution is 7.99. The summed E-state index contributed by atoms with van der Waals surface area (Å²) in [6, 6.07) is -0.822. The van der Waals surface area contributed by atoms with E-state index in [1.54, 1.807) is 7.05 Å². The van der Waals surface area contributed by atoms with Crippen LogP contribution >= 0.6 is 11.8 Å². The average molecular weight is 206 g/mol. The molecule has 0 aromatic carbocycles. The van der Waals surface area contributed by atoms with E-state index in [9.17, 15) is 9.59 Å². The van der Waals surface area contributed by atoms with Crippen molar-refractivity contribution in [2.45, 2.75) is 12.5 Å². The van der Waals surface area contributed by atoms with E-state index in [0.717, 1.165) is 0 Å². The van der Waals surface area contributed by atoms with E-state index in [2.05, 4.69) is 5.32 Å². The standard InChI is InChI=1S/C7H14N2O3S/c1-9-6(10)4-13-3-2-5(8)7(11)12/h5H,2-4,8H2,1H3,(H,9,10)(H,11,12). The Labute approximate surface area is 81.1 Å². The van der Waals surface area contributed by atoms with E-state index in [0.29, 0.717) is 17.9 Å². The van der Waals surface area contributed by atoms with Crippen molar-refractivity contribution in [3.8, 4) is 0 Å². The third-order valence-corrected chi connectivity index (χ3v) is 2.39. The molecule has 0 spiro atoms. The van der Waals surface area contributed by atoms with Crippen LogP contribution in [0.25, 0.3) is 0 Å². The van der Waals surface area contributed by atoms with Crippen LogP contribution < -0.4 is 11.1 Å². The Bertz CT molecular complexity index is 187. The van der Waals surface area contributed by atoms with Gasteiger partial charge in [0.15, 0.2) is 0 Å². The summed E-state index contributed by atoms with van der Waals surface area (Å²) in [5.74, 6) is -0.126. The Morgan fingerprint density at radius 3 is 2.69 bits per heavy atom. The van der Waals surface area contributed by atoms with Crippen LogP contribution in [0.3, 0.4) is 0 Å². The van der Waals surface area contributed by atoms with E-state index in [4.69, 9.17) is 10.8 Å². The molecule has 1 amide bonds. The number of carbonyl (C=O) groups excluding carboxylic acids is 1. The van der Waals surface area contributed by atoms with Gasteiger partial charge in [0.2, 0.25) is 5.91 Å². The SMILES string of the molecule is CNC(=O)CSCCC(N)C(=O)O. The Kier molecular flexibility index (Phi) is 6.34. The van der Waals surface area contributed by atoms with Crippen molar-refractivity contribution >= 4 is 23.6 Å². The van der Waals surface area contributed by atoms with Gasteiger partial charge in [-0.25, -0.2) is 0 Å². The highest BCUT2D eigenvalue weighted by Crippen LogP contribution is 2.03. The van der Waals surface area contributed by atoms with Gasteiger partial charge in [-0.3, -0.25) is 9.59 Å². The lowest BCUT2D eigenvalue weighted by Crippen LogP contribution is -2.30. The van der Waals surface area contributed by atoms with Crippen LogP contribution in [0.2, 0.25) is 0 Å². The fraction of sp³-hybridized carbons (Fsp3) is 0.714. The largest absolute Gasteiger partial charge is 0.480 e. The molecule has 1 unspecified atom stereocenters. The number of hydrogen-bond donors (Lipinski definition) is 3. The van der Waals surface area contributed by atoms with Gasteiger partial charge < -0.3 is 16.2 Å². The molecule has 5 nitrogen and oxygen atoms in total. The molecule has 0 aromatic rings. The molecule has 0 bridgehead atoms. The van der Waals surface area contributed by atoms with Gasteiger partial charge in [0.25, 0.3) is 0 Å². The number of rotatable bonds is 6. The molecule has 76 valence electrons. The summed E-state index contributed by atoms with van der Waals surface area (Å²) < 4.78 is 0.